The molecule has 1 fully saturated rings. The number of nitrogens with zero attached hydrogens (tertiary/aromatic N) is 3. The Hall–Kier alpha value is -1.92. The average Bonchev–Trinajstić information content (AvgIpc) is 2.99. The molecular weight excluding hydrogens is 266 g/mol. The highest BCUT2D eigenvalue weighted by Crippen LogP contribution is 2.29. The minimum Gasteiger partial charge on any atom is -0.490 e. The Labute approximate surface area is 124 Å². The number of ether oxygens (including phenoxy) is 1. The second-order valence-electron chi connectivity index (χ2n) is 5.43. The van der Waals surface area contributed by atoms with Gasteiger partial charge < -0.3 is 15.4 Å². The summed E-state index contributed by atoms with van der Waals surface area (Å²) in [7, 11) is 2.14. The van der Waals surface area contributed by atoms with Crippen LogP contribution in [0.5, 0.6) is 5.75 Å². The van der Waals surface area contributed by atoms with Crippen molar-refractivity contribution in [1.82, 2.24) is 20.1 Å². The van der Waals surface area contributed by atoms with Gasteiger partial charge in [-0.25, -0.2) is 4.98 Å². The molecule has 0 radical (unpaired) electrons. The van der Waals surface area contributed by atoms with Crippen molar-refractivity contribution in [2.45, 2.75) is 25.5 Å². The monoisotopic (exact) mass is 287 g/mol. The predicted octanol–water partition coefficient (Wildman–Crippen LogP) is 1.40. The number of piperidine rings is 1. The number of aromatic amines is 1. The van der Waals surface area contributed by atoms with Crippen molar-refractivity contribution in [3.05, 3.63) is 30.1 Å². The lowest BCUT2D eigenvalue weighted by atomic mass is 10.1. The lowest BCUT2D eigenvalue weighted by molar-refractivity contribution is 0.115. The highest BCUT2D eigenvalue weighted by molar-refractivity contribution is 5.63. The van der Waals surface area contributed by atoms with E-state index in [1.807, 2.05) is 24.3 Å². The Bertz CT molecular complexity index is 589. The van der Waals surface area contributed by atoms with Crippen LogP contribution in [-0.4, -0.2) is 46.3 Å². The Balaban J connectivity index is 1.79. The molecule has 0 spiro atoms. The summed E-state index contributed by atoms with van der Waals surface area (Å²) in [5.74, 6) is 2.16. The normalized spacial score (nSPS) is 17.0. The predicted molar refractivity (Wildman–Crippen MR) is 80.9 cm³/mol. The van der Waals surface area contributed by atoms with Crippen LogP contribution >= 0.6 is 0 Å². The summed E-state index contributed by atoms with van der Waals surface area (Å²) in [4.78, 5) is 6.71. The molecule has 0 aliphatic carbocycles. The van der Waals surface area contributed by atoms with Crippen molar-refractivity contribution < 1.29 is 4.74 Å². The van der Waals surface area contributed by atoms with Crippen LogP contribution in [0.2, 0.25) is 0 Å². The van der Waals surface area contributed by atoms with E-state index in [0.29, 0.717) is 18.2 Å². The number of hydrogen-bond donors (Lipinski definition) is 2. The number of nitrogens with two attached hydrogens (primary N) is 1. The van der Waals surface area contributed by atoms with Crippen LogP contribution in [0.1, 0.15) is 18.7 Å². The van der Waals surface area contributed by atoms with Crippen LogP contribution < -0.4 is 10.5 Å². The molecular formula is C15H21N5O. The number of nitrogens with one attached hydrogen (secondary N) is 1. The lowest BCUT2D eigenvalue weighted by Gasteiger charge is -2.29. The van der Waals surface area contributed by atoms with Gasteiger partial charge in [-0.3, -0.25) is 5.10 Å². The van der Waals surface area contributed by atoms with Crippen LogP contribution in [-0.2, 0) is 6.54 Å². The molecule has 112 valence electrons. The first-order chi connectivity index (χ1) is 10.3. The van der Waals surface area contributed by atoms with Gasteiger partial charge in [0.1, 0.15) is 17.7 Å². The van der Waals surface area contributed by atoms with Gasteiger partial charge in [-0.2, -0.15) is 5.10 Å². The molecule has 1 aliphatic rings. The molecule has 2 aromatic rings. The molecule has 0 atom stereocenters. The zero-order valence-electron chi connectivity index (χ0n) is 12.2. The third-order valence-electron chi connectivity index (χ3n) is 3.81. The van der Waals surface area contributed by atoms with E-state index in [4.69, 9.17) is 10.5 Å². The number of hydrogen-bond acceptors (Lipinski definition) is 5. The molecule has 21 heavy (non-hydrogen) atoms. The summed E-state index contributed by atoms with van der Waals surface area (Å²) in [6.07, 6.45) is 2.36. The summed E-state index contributed by atoms with van der Waals surface area (Å²) in [5.41, 5.74) is 6.48. The molecule has 3 rings (SSSR count). The molecule has 1 aliphatic heterocycles. The minimum absolute atomic E-state index is 0.260. The van der Waals surface area contributed by atoms with E-state index >= 15 is 0 Å². The summed E-state index contributed by atoms with van der Waals surface area (Å²) in [5, 5.41) is 7.06. The molecule has 1 aromatic heterocycles. The molecule has 0 bridgehead atoms. The van der Waals surface area contributed by atoms with E-state index < -0.39 is 0 Å². The maximum absolute atomic E-state index is 6.18. The van der Waals surface area contributed by atoms with E-state index in [-0.39, 0.29) is 6.10 Å². The zero-order chi connectivity index (χ0) is 14.7. The van der Waals surface area contributed by atoms with Crippen molar-refractivity contribution in [3.63, 3.8) is 0 Å². The topological polar surface area (TPSA) is 80.1 Å². The summed E-state index contributed by atoms with van der Waals surface area (Å²) in [6, 6.07) is 7.90. The minimum atomic E-state index is 0.260. The Morgan fingerprint density at radius 2 is 2.10 bits per heavy atom. The fourth-order valence-electron chi connectivity index (χ4n) is 2.54. The molecule has 6 heteroatoms. The van der Waals surface area contributed by atoms with Crippen LogP contribution in [0.3, 0.4) is 0 Å². The molecule has 1 saturated heterocycles. The van der Waals surface area contributed by atoms with E-state index in [9.17, 15) is 0 Å². The van der Waals surface area contributed by atoms with Crippen molar-refractivity contribution in [2.24, 2.45) is 5.73 Å². The maximum Gasteiger partial charge on any atom is 0.184 e. The Kier molecular flexibility index (Phi) is 4.17. The van der Waals surface area contributed by atoms with Crippen LogP contribution in [0, 0.1) is 0 Å². The third kappa shape index (κ3) is 3.22. The smallest absolute Gasteiger partial charge is 0.184 e. The molecule has 3 N–H and O–H groups in total. The van der Waals surface area contributed by atoms with E-state index in [1.54, 1.807) is 0 Å². The fourth-order valence-corrected chi connectivity index (χ4v) is 2.54. The van der Waals surface area contributed by atoms with Crippen molar-refractivity contribution in [1.29, 1.82) is 0 Å². The second kappa shape index (κ2) is 6.24. The van der Waals surface area contributed by atoms with Gasteiger partial charge in [0.25, 0.3) is 0 Å². The fraction of sp³-hybridized carbons (Fsp3) is 0.467. The summed E-state index contributed by atoms with van der Waals surface area (Å²) >= 11 is 0. The Morgan fingerprint density at radius 1 is 1.33 bits per heavy atom. The van der Waals surface area contributed by atoms with Gasteiger partial charge in [-0.15, -0.1) is 0 Å². The molecule has 6 nitrogen and oxygen atoms in total. The van der Waals surface area contributed by atoms with Crippen molar-refractivity contribution in [3.8, 4) is 17.1 Å². The SMILES string of the molecule is CN1CCC(Oc2ccccc2-c2n[nH]c(CN)n2)CC1. The highest BCUT2D eigenvalue weighted by Gasteiger charge is 2.20. The van der Waals surface area contributed by atoms with Gasteiger partial charge in [0.2, 0.25) is 0 Å². The van der Waals surface area contributed by atoms with Gasteiger partial charge in [0, 0.05) is 13.1 Å². The maximum atomic E-state index is 6.18. The Morgan fingerprint density at radius 3 is 2.81 bits per heavy atom. The number of likely N-dealkylation sites (tertiary alicyclic amines) is 1. The number of benzene rings is 1. The summed E-state index contributed by atoms with van der Waals surface area (Å²) in [6.45, 7) is 2.50. The van der Waals surface area contributed by atoms with Crippen LogP contribution in [0.15, 0.2) is 24.3 Å². The first-order valence-corrected chi connectivity index (χ1v) is 7.32. The van der Waals surface area contributed by atoms with Gasteiger partial charge in [-0.1, -0.05) is 12.1 Å². The van der Waals surface area contributed by atoms with Crippen molar-refractivity contribution in [2.75, 3.05) is 20.1 Å². The van der Waals surface area contributed by atoms with Gasteiger partial charge in [0.05, 0.1) is 12.1 Å². The van der Waals surface area contributed by atoms with E-state index in [0.717, 1.165) is 37.2 Å². The molecule has 0 unspecified atom stereocenters. The first kappa shape index (κ1) is 14.0. The molecule has 0 amide bonds. The molecule has 0 saturated carbocycles. The standard InChI is InChI=1S/C15H21N5O/c1-20-8-6-11(7-9-20)21-13-5-3-2-4-12(13)15-17-14(10-16)18-19-15/h2-5,11H,6-10,16H2,1H3,(H,17,18,19). The van der Waals surface area contributed by atoms with Gasteiger partial charge in [-0.05, 0) is 32.0 Å². The van der Waals surface area contributed by atoms with Gasteiger partial charge >= 0.3 is 0 Å². The summed E-state index contributed by atoms with van der Waals surface area (Å²) < 4.78 is 6.18. The highest BCUT2D eigenvalue weighted by atomic mass is 16.5. The number of aromatic nitrogens is 3. The number of rotatable bonds is 4. The largest absolute Gasteiger partial charge is 0.490 e. The zero-order valence-corrected chi connectivity index (χ0v) is 12.2. The first-order valence-electron chi connectivity index (χ1n) is 7.32. The van der Waals surface area contributed by atoms with E-state index in [2.05, 4.69) is 27.1 Å². The quantitative estimate of drug-likeness (QED) is 0.888. The second-order valence-corrected chi connectivity index (χ2v) is 5.43. The number of H-pyrrole nitrogens is 1. The third-order valence-corrected chi connectivity index (χ3v) is 3.81. The number of para-hydroxylation sites is 1. The molecule has 1 aromatic carbocycles. The van der Waals surface area contributed by atoms with Crippen molar-refractivity contribution >= 4 is 0 Å². The molecule has 2 heterocycles. The lowest BCUT2D eigenvalue weighted by Crippen LogP contribution is -2.35. The van der Waals surface area contributed by atoms with E-state index in [1.165, 1.54) is 0 Å². The average molecular weight is 287 g/mol. The van der Waals surface area contributed by atoms with Crippen LogP contribution in [0.25, 0.3) is 11.4 Å². The van der Waals surface area contributed by atoms with Gasteiger partial charge in [0.15, 0.2) is 5.82 Å². The van der Waals surface area contributed by atoms with Crippen LogP contribution in [0.4, 0.5) is 0 Å².